The third-order valence-electron chi connectivity index (χ3n) is 10.1. The highest BCUT2D eigenvalue weighted by Gasteiger charge is 2.35. The largest absolute Gasteiger partial charge is 0.421 e. The molecule has 3 N–H and O–H groups in total. The minimum Gasteiger partial charge on any atom is -0.365 e. The van der Waals surface area contributed by atoms with Gasteiger partial charge in [0.25, 0.3) is 5.91 Å². The summed E-state index contributed by atoms with van der Waals surface area (Å²) in [6.45, 7) is 4.60. The molecule has 2 aromatic carbocycles. The van der Waals surface area contributed by atoms with Crippen LogP contribution in [0.3, 0.4) is 0 Å². The van der Waals surface area contributed by atoms with Gasteiger partial charge in [-0.05, 0) is 80.1 Å². The van der Waals surface area contributed by atoms with Crippen LogP contribution in [0.25, 0.3) is 0 Å². The highest BCUT2D eigenvalue weighted by Crippen LogP contribution is 2.34. The van der Waals surface area contributed by atoms with Crippen molar-refractivity contribution in [3.05, 3.63) is 71.4 Å². The number of hydrogen-bond acceptors (Lipinski definition) is 9. The molecule has 1 aromatic heterocycles. The fourth-order valence-electron chi connectivity index (χ4n) is 6.98. The van der Waals surface area contributed by atoms with Gasteiger partial charge in [0.1, 0.15) is 11.4 Å². The number of hydrogen-bond donors (Lipinski definition) is 3. The van der Waals surface area contributed by atoms with E-state index in [-0.39, 0.29) is 29.2 Å². The zero-order valence-corrected chi connectivity index (χ0v) is 31.8. The second-order valence-electron chi connectivity index (χ2n) is 14.4. The molecule has 1 aliphatic heterocycles. The average molecular weight is 772 g/mol. The molecule has 2 fully saturated rings. The van der Waals surface area contributed by atoms with E-state index in [4.69, 9.17) is 0 Å². The molecule has 0 radical (unpaired) electrons. The molecule has 3 aromatic rings. The number of benzene rings is 2. The third-order valence-corrected chi connectivity index (χ3v) is 11.2. The highest BCUT2D eigenvalue weighted by molar-refractivity contribution is 7.90. The molecule has 1 aliphatic carbocycles. The Balaban J connectivity index is 1.01. The van der Waals surface area contributed by atoms with Crippen molar-refractivity contribution in [1.29, 1.82) is 0 Å². The molecule has 54 heavy (non-hydrogen) atoms. The van der Waals surface area contributed by atoms with Crippen molar-refractivity contribution in [3.8, 4) is 0 Å². The Kier molecular flexibility index (Phi) is 14.7. The summed E-state index contributed by atoms with van der Waals surface area (Å²) < 4.78 is 65.1. The number of carbonyl (C=O) groups excluding carboxylic acids is 2. The molecule has 2 heterocycles. The highest BCUT2D eigenvalue weighted by atomic mass is 32.2. The molecule has 1 saturated heterocycles. The summed E-state index contributed by atoms with van der Waals surface area (Å²) in [6.07, 6.45) is 9.48. The molecule has 0 unspecified atom stereocenters. The SMILES string of the molecule is CS(=O)(=O)c1cccc(CNc2nc(Nc3ccc(C(=O)N4CCN(CCCCCCCCNC(=O)CC5CCCC5)CC4)cc3)ncc2C(F)(F)F)c1. The Hall–Kier alpha value is -4.24. The van der Waals surface area contributed by atoms with E-state index >= 15 is 0 Å². The van der Waals surface area contributed by atoms with Crippen LogP contribution < -0.4 is 16.0 Å². The summed E-state index contributed by atoms with van der Waals surface area (Å²) in [6, 6.07) is 12.6. The van der Waals surface area contributed by atoms with Gasteiger partial charge in [0, 0.05) is 69.4 Å². The van der Waals surface area contributed by atoms with E-state index in [0.717, 1.165) is 51.7 Å². The van der Waals surface area contributed by atoms with E-state index in [1.807, 2.05) is 4.90 Å². The van der Waals surface area contributed by atoms with Crippen LogP contribution in [0.2, 0.25) is 0 Å². The predicted octanol–water partition coefficient (Wildman–Crippen LogP) is 7.05. The quantitative estimate of drug-likeness (QED) is 0.116. The Labute approximate surface area is 316 Å². The molecule has 294 valence electrons. The summed E-state index contributed by atoms with van der Waals surface area (Å²) in [5.74, 6) is 0.187. The maximum absolute atomic E-state index is 13.8. The number of nitrogens with zero attached hydrogens (tertiary/aromatic N) is 4. The van der Waals surface area contributed by atoms with Gasteiger partial charge in [-0.25, -0.2) is 13.4 Å². The number of amides is 2. The fourth-order valence-corrected chi connectivity index (χ4v) is 7.67. The maximum atomic E-state index is 13.8. The summed E-state index contributed by atoms with van der Waals surface area (Å²) in [7, 11) is -3.49. The first-order chi connectivity index (χ1) is 25.8. The standard InChI is InChI=1S/C39H52F3N7O4S/c1-54(52,53)33-14-10-13-30(25-33)27-44-36-34(39(40,41)42)28-45-38(47-36)46-32-17-15-31(16-18-32)37(51)49-23-21-48(22-24-49)20-9-5-3-2-4-8-19-43-35(50)26-29-11-6-7-12-29/h10,13-18,25,28-29H,2-9,11-12,19-24,26-27H2,1H3,(H,43,50)(H2,44,45,46,47). The molecule has 0 bridgehead atoms. The average Bonchev–Trinajstić information content (AvgIpc) is 3.66. The molecule has 0 atom stereocenters. The number of aromatic nitrogens is 2. The van der Waals surface area contributed by atoms with E-state index < -0.39 is 27.4 Å². The van der Waals surface area contributed by atoms with Crippen LogP contribution in [0.15, 0.2) is 59.6 Å². The van der Waals surface area contributed by atoms with Crippen LogP contribution in [-0.4, -0.2) is 85.5 Å². The number of halogens is 3. The normalized spacial score (nSPS) is 15.7. The first kappa shape index (κ1) is 40.9. The molecular weight excluding hydrogens is 720 g/mol. The minimum absolute atomic E-state index is 0.0598. The fraction of sp³-hybridized carbons (Fsp3) is 0.538. The van der Waals surface area contributed by atoms with Crippen molar-refractivity contribution >= 4 is 39.1 Å². The number of alkyl halides is 3. The summed E-state index contributed by atoms with van der Waals surface area (Å²) in [5.41, 5.74) is 0.401. The van der Waals surface area contributed by atoms with Crippen molar-refractivity contribution in [2.45, 2.75) is 88.2 Å². The van der Waals surface area contributed by atoms with Gasteiger partial charge in [-0.3, -0.25) is 14.5 Å². The third kappa shape index (κ3) is 12.7. The summed E-state index contributed by atoms with van der Waals surface area (Å²) in [5, 5.41) is 8.65. The zero-order valence-electron chi connectivity index (χ0n) is 31.0. The van der Waals surface area contributed by atoms with E-state index in [9.17, 15) is 31.2 Å². The maximum Gasteiger partial charge on any atom is 0.421 e. The van der Waals surface area contributed by atoms with E-state index in [1.165, 1.54) is 63.1 Å². The van der Waals surface area contributed by atoms with Crippen LogP contribution in [-0.2, 0) is 27.4 Å². The molecule has 15 heteroatoms. The summed E-state index contributed by atoms with van der Waals surface area (Å²) in [4.78, 5) is 37.5. The number of rotatable bonds is 18. The van der Waals surface area contributed by atoms with Crippen LogP contribution in [0.5, 0.6) is 0 Å². The number of nitrogens with one attached hydrogen (secondary N) is 3. The van der Waals surface area contributed by atoms with Gasteiger partial charge in [0.2, 0.25) is 11.9 Å². The second kappa shape index (κ2) is 19.4. The minimum atomic E-state index is -4.72. The molecule has 1 saturated carbocycles. The van der Waals surface area contributed by atoms with Gasteiger partial charge in [-0.2, -0.15) is 18.2 Å². The Bertz CT molecular complexity index is 1790. The monoisotopic (exact) mass is 771 g/mol. The zero-order chi connectivity index (χ0) is 38.6. The summed E-state index contributed by atoms with van der Waals surface area (Å²) >= 11 is 0. The number of unbranched alkanes of at least 4 members (excludes halogenated alkanes) is 5. The van der Waals surface area contributed by atoms with Gasteiger partial charge in [0.15, 0.2) is 9.84 Å². The van der Waals surface area contributed by atoms with Crippen LogP contribution in [0.1, 0.15) is 92.1 Å². The predicted molar refractivity (Wildman–Crippen MR) is 203 cm³/mol. The number of piperazine rings is 1. The Morgan fingerprint density at radius 3 is 2.28 bits per heavy atom. The van der Waals surface area contributed by atoms with E-state index in [0.29, 0.717) is 48.4 Å². The Morgan fingerprint density at radius 1 is 0.907 bits per heavy atom. The number of carbonyl (C=O) groups is 2. The first-order valence-electron chi connectivity index (χ1n) is 19.0. The van der Waals surface area contributed by atoms with Crippen molar-refractivity contribution in [2.24, 2.45) is 5.92 Å². The number of anilines is 3. The van der Waals surface area contributed by atoms with Crippen molar-refractivity contribution in [3.63, 3.8) is 0 Å². The van der Waals surface area contributed by atoms with Crippen LogP contribution >= 0.6 is 0 Å². The molecular formula is C39H52F3N7O4S. The van der Waals surface area contributed by atoms with Gasteiger partial charge in [-0.1, -0.05) is 50.7 Å². The lowest BCUT2D eigenvalue weighted by Gasteiger charge is -2.34. The van der Waals surface area contributed by atoms with Crippen LogP contribution in [0.4, 0.5) is 30.6 Å². The van der Waals surface area contributed by atoms with Gasteiger partial charge >= 0.3 is 6.18 Å². The van der Waals surface area contributed by atoms with Gasteiger partial charge < -0.3 is 20.9 Å². The van der Waals surface area contributed by atoms with Gasteiger partial charge in [-0.15, -0.1) is 0 Å². The van der Waals surface area contributed by atoms with Crippen molar-refractivity contribution in [1.82, 2.24) is 25.1 Å². The smallest absolute Gasteiger partial charge is 0.365 e. The second-order valence-corrected chi connectivity index (χ2v) is 16.4. The molecule has 2 aliphatic rings. The van der Waals surface area contributed by atoms with Gasteiger partial charge in [0.05, 0.1) is 4.90 Å². The van der Waals surface area contributed by atoms with E-state index in [1.54, 1.807) is 30.3 Å². The lowest BCUT2D eigenvalue weighted by Crippen LogP contribution is -2.48. The van der Waals surface area contributed by atoms with E-state index in [2.05, 4.69) is 30.8 Å². The number of sulfone groups is 1. The van der Waals surface area contributed by atoms with Crippen molar-refractivity contribution in [2.75, 3.05) is 56.2 Å². The van der Waals surface area contributed by atoms with Crippen LogP contribution in [0, 0.1) is 5.92 Å². The molecule has 5 rings (SSSR count). The van der Waals surface area contributed by atoms with Crippen molar-refractivity contribution < 1.29 is 31.2 Å². The lowest BCUT2D eigenvalue weighted by atomic mass is 10.0. The lowest BCUT2D eigenvalue weighted by molar-refractivity contribution is -0.137. The Morgan fingerprint density at radius 2 is 1.59 bits per heavy atom. The first-order valence-corrected chi connectivity index (χ1v) is 20.9. The molecule has 0 spiro atoms. The molecule has 2 amide bonds. The topological polar surface area (TPSA) is 137 Å². The molecule has 11 nitrogen and oxygen atoms in total.